The monoisotopic (exact) mass is 360 g/mol. The van der Waals surface area contributed by atoms with E-state index in [9.17, 15) is 22.0 Å². The van der Waals surface area contributed by atoms with Crippen LogP contribution in [0.1, 0.15) is 12.8 Å². The minimum absolute atomic E-state index is 0.154. The molecule has 2 aliphatic rings. The second-order valence-electron chi connectivity index (χ2n) is 5.82. The minimum atomic E-state index is -4.14. The Balaban J connectivity index is 1.87. The quantitative estimate of drug-likeness (QED) is 0.806. The van der Waals surface area contributed by atoms with E-state index >= 15 is 0 Å². The fourth-order valence-electron chi connectivity index (χ4n) is 3.08. The van der Waals surface area contributed by atoms with Gasteiger partial charge in [0.1, 0.15) is 17.7 Å². The van der Waals surface area contributed by atoms with Gasteiger partial charge in [0.05, 0.1) is 18.1 Å². The molecule has 0 aromatic heterocycles. The predicted octanol–water partition coefficient (Wildman–Crippen LogP) is 0.977. The topological polar surface area (TPSA) is 66.9 Å². The molecule has 0 N–H and O–H groups in total. The van der Waals surface area contributed by atoms with Gasteiger partial charge in [-0.15, -0.1) is 0 Å². The molecule has 24 heavy (non-hydrogen) atoms. The van der Waals surface area contributed by atoms with Gasteiger partial charge in [0.15, 0.2) is 0 Å². The molecular weight excluding hydrogens is 342 g/mol. The number of rotatable bonds is 3. The van der Waals surface area contributed by atoms with Crippen molar-refractivity contribution in [3.63, 3.8) is 0 Å². The molecule has 1 atom stereocenters. The number of ether oxygens (including phenoxy) is 1. The van der Waals surface area contributed by atoms with Crippen molar-refractivity contribution in [2.24, 2.45) is 0 Å². The van der Waals surface area contributed by atoms with Gasteiger partial charge in [-0.25, -0.2) is 17.2 Å². The van der Waals surface area contributed by atoms with Crippen LogP contribution >= 0.6 is 0 Å². The molecule has 0 bridgehead atoms. The number of carbonyl (C=O) groups is 1. The van der Waals surface area contributed by atoms with Gasteiger partial charge in [-0.05, 0) is 25.0 Å². The summed E-state index contributed by atoms with van der Waals surface area (Å²) >= 11 is 0. The van der Waals surface area contributed by atoms with Crippen molar-refractivity contribution in [2.75, 3.05) is 32.8 Å². The molecule has 0 spiro atoms. The smallest absolute Gasteiger partial charge is 0.244 e. The van der Waals surface area contributed by atoms with E-state index in [1.807, 2.05) is 0 Å². The van der Waals surface area contributed by atoms with Crippen LogP contribution in [-0.2, 0) is 19.6 Å². The van der Waals surface area contributed by atoms with Gasteiger partial charge >= 0.3 is 0 Å². The number of hydrogen-bond acceptors (Lipinski definition) is 4. The average Bonchev–Trinajstić information content (AvgIpc) is 3.04. The lowest BCUT2D eigenvalue weighted by Gasteiger charge is -2.32. The van der Waals surface area contributed by atoms with Gasteiger partial charge in [-0.2, -0.15) is 4.31 Å². The first-order valence-electron chi connectivity index (χ1n) is 7.74. The van der Waals surface area contributed by atoms with Gasteiger partial charge < -0.3 is 9.64 Å². The number of halogens is 2. The summed E-state index contributed by atoms with van der Waals surface area (Å²) in [5.41, 5.74) is 0. The Morgan fingerprint density at radius 2 is 1.71 bits per heavy atom. The summed E-state index contributed by atoms with van der Waals surface area (Å²) in [6.45, 7) is 1.82. The largest absolute Gasteiger partial charge is 0.378 e. The van der Waals surface area contributed by atoms with Crippen molar-refractivity contribution in [2.45, 2.75) is 23.8 Å². The van der Waals surface area contributed by atoms with Gasteiger partial charge in [-0.1, -0.05) is 0 Å². The average molecular weight is 360 g/mol. The highest BCUT2D eigenvalue weighted by Crippen LogP contribution is 2.28. The normalized spacial score (nSPS) is 22.8. The fourth-order valence-corrected chi connectivity index (χ4v) is 4.78. The molecule has 9 heteroatoms. The number of amides is 1. The zero-order chi connectivity index (χ0) is 17.3. The molecule has 0 saturated carbocycles. The lowest BCUT2D eigenvalue weighted by Crippen LogP contribution is -2.50. The van der Waals surface area contributed by atoms with E-state index in [0.717, 1.165) is 16.4 Å². The highest BCUT2D eigenvalue weighted by molar-refractivity contribution is 7.89. The Bertz CT molecular complexity index is 715. The lowest BCUT2D eigenvalue weighted by atomic mass is 10.2. The van der Waals surface area contributed by atoms with Crippen molar-refractivity contribution in [1.29, 1.82) is 0 Å². The number of nitrogens with zero attached hydrogens (tertiary/aromatic N) is 2. The number of hydrogen-bond donors (Lipinski definition) is 0. The van der Waals surface area contributed by atoms with Crippen LogP contribution in [0.3, 0.4) is 0 Å². The van der Waals surface area contributed by atoms with Crippen molar-refractivity contribution < 1.29 is 26.7 Å². The molecule has 2 aliphatic heterocycles. The maximum atomic E-state index is 13.4. The number of sulfonamides is 1. The van der Waals surface area contributed by atoms with Crippen LogP contribution in [0.15, 0.2) is 23.1 Å². The molecule has 3 rings (SSSR count). The van der Waals surface area contributed by atoms with E-state index < -0.39 is 32.6 Å². The molecule has 6 nitrogen and oxygen atoms in total. The van der Waals surface area contributed by atoms with Crippen molar-refractivity contribution >= 4 is 15.9 Å². The first kappa shape index (κ1) is 17.2. The summed E-state index contributed by atoms with van der Waals surface area (Å²) in [6, 6.07) is 1.32. The Kier molecular flexibility index (Phi) is 4.84. The molecule has 1 amide bonds. The van der Waals surface area contributed by atoms with Crippen LogP contribution < -0.4 is 0 Å². The summed E-state index contributed by atoms with van der Waals surface area (Å²) in [5, 5.41) is 0. The van der Waals surface area contributed by atoms with Crippen LogP contribution in [-0.4, -0.2) is 62.4 Å². The zero-order valence-electron chi connectivity index (χ0n) is 13.0. The molecule has 2 fully saturated rings. The number of morpholine rings is 1. The first-order valence-corrected chi connectivity index (χ1v) is 9.18. The maximum Gasteiger partial charge on any atom is 0.244 e. The molecule has 1 aromatic carbocycles. The van der Waals surface area contributed by atoms with Crippen molar-refractivity contribution in [1.82, 2.24) is 9.21 Å². The first-order chi connectivity index (χ1) is 11.4. The van der Waals surface area contributed by atoms with Gasteiger partial charge in [0.25, 0.3) is 0 Å². The Labute approximate surface area is 139 Å². The second kappa shape index (κ2) is 6.73. The standard InChI is InChI=1S/C15H18F2N2O4S/c16-11-8-12(17)10-13(9-11)24(21,22)19-3-1-2-14(19)15(20)18-4-6-23-7-5-18/h8-10,14H,1-7H2. The summed E-state index contributed by atoms with van der Waals surface area (Å²) < 4.78 is 58.5. The molecule has 1 unspecified atom stereocenters. The maximum absolute atomic E-state index is 13.4. The molecule has 0 aliphatic carbocycles. The van der Waals surface area contributed by atoms with Crippen molar-refractivity contribution in [3.8, 4) is 0 Å². The third-order valence-electron chi connectivity index (χ3n) is 4.25. The SMILES string of the molecule is O=C(C1CCCN1S(=O)(=O)c1cc(F)cc(F)c1)N1CCOCC1. The number of carbonyl (C=O) groups excluding carboxylic acids is 1. The predicted molar refractivity (Wildman–Crippen MR) is 80.7 cm³/mol. The molecule has 132 valence electrons. The highest BCUT2D eigenvalue weighted by atomic mass is 32.2. The summed E-state index contributed by atoms with van der Waals surface area (Å²) in [4.78, 5) is 13.7. The summed E-state index contributed by atoms with van der Waals surface area (Å²) in [6.07, 6.45) is 0.922. The van der Waals surface area contributed by atoms with Crippen LogP contribution in [0.2, 0.25) is 0 Å². The Morgan fingerprint density at radius 1 is 1.08 bits per heavy atom. The molecule has 0 radical (unpaired) electrons. The molecule has 2 saturated heterocycles. The van der Waals surface area contributed by atoms with Crippen LogP contribution in [0.25, 0.3) is 0 Å². The van der Waals surface area contributed by atoms with Crippen LogP contribution in [0, 0.1) is 11.6 Å². The summed E-state index contributed by atoms with van der Waals surface area (Å²) in [7, 11) is -4.14. The van der Waals surface area contributed by atoms with Gasteiger partial charge in [0, 0.05) is 25.7 Å². The lowest BCUT2D eigenvalue weighted by molar-refractivity contribution is -0.138. The van der Waals surface area contributed by atoms with E-state index in [2.05, 4.69) is 0 Å². The Hall–Kier alpha value is -1.58. The van der Waals surface area contributed by atoms with E-state index in [1.54, 1.807) is 4.90 Å². The van der Waals surface area contributed by atoms with E-state index in [-0.39, 0.29) is 12.5 Å². The second-order valence-corrected chi connectivity index (χ2v) is 7.71. The zero-order valence-corrected chi connectivity index (χ0v) is 13.8. The molecule has 2 heterocycles. The van der Waals surface area contributed by atoms with Gasteiger partial charge in [-0.3, -0.25) is 4.79 Å². The van der Waals surface area contributed by atoms with E-state index in [1.165, 1.54) is 0 Å². The highest BCUT2D eigenvalue weighted by Gasteiger charge is 2.41. The third-order valence-corrected chi connectivity index (χ3v) is 6.14. The van der Waals surface area contributed by atoms with E-state index in [0.29, 0.717) is 45.2 Å². The van der Waals surface area contributed by atoms with Gasteiger partial charge in [0.2, 0.25) is 15.9 Å². The van der Waals surface area contributed by atoms with E-state index in [4.69, 9.17) is 4.74 Å². The van der Waals surface area contributed by atoms with Crippen LogP contribution in [0.4, 0.5) is 8.78 Å². The van der Waals surface area contributed by atoms with Crippen LogP contribution in [0.5, 0.6) is 0 Å². The minimum Gasteiger partial charge on any atom is -0.378 e. The van der Waals surface area contributed by atoms with Crippen molar-refractivity contribution in [3.05, 3.63) is 29.8 Å². The number of benzene rings is 1. The third kappa shape index (κ3) is 3.28. The fraction of sp³-hybridized carbons (Fsp3) is 0.533. The molecular formula is C15H18F2N2O4S. The summed E-state index contributed by atoms with van der Waals surface area (Å²) in [5.74, 6) is -2.22. The molecule has 1 aromatic rings. The Morgan fingerprint density at radius 3 is 2.33 bits per heavy atom.